The number of para-hydroxylation sites is 1. The molecule has 1 spiro atoms. The summed E-state index contributed by atoms with van der Waals surface area (Å²) in [6.45, 7) is 3.21. The van der Waals surface area contributed by atoms with Crippen LogP contribution in [0, 0.1) is 0 Å². The number of benzene rings is 2. The van der Waals surface area contributed by atoms with Crippen molar-refractivity contribution >= 4 is 34.2 Å². The molecule has 0 atom stereocenters. The third-order valence-corrected chi connectivity index (χ3v) is 6.99. The van der Waals surface area contributed by atoms with Gasteiger partial charge in [0.1, 0.15) is 12.1 Å². The van der Waals surface area contributed by atoms with E-state index in [0.29, 0.717) is 0 Å². The summed E-state index contributed by atoms with van der Waals surface area (Å²) in [5.74, 6) is 1.09. The van der Waals surface area contributed by atoms with Gasteiger partial charge >= 0.3 is 0 Å². The first-order valence-electron chi connectivity index (χ1n) is 9.55. The zero-order chi connectivity index (χ0) is 18.4. The Morgan fingerprint density at radius 2 is 1.85 bits per heavy atom. The van der Waals surface area contributed by atoms with Crippen LogP contribution in [0.4, 0.5) is 11.5 Å². The molecule has 0 radical (unpaired) electrons. The molecule has 1 fully saturated rings. The number of hydrogen-bond donors (Lipinski definition) is 0. The van der Waals surface area contributed by atoms with E-state index in [0.717, 1.165) is 31.0 Å². The van der Waals surface area contributed by atoms with E-state index in [1.807, 2.05) is 0 Å². The highest BCUT2D eigenvalue weighted by atomic mass is 32.2. The maximum atomic E-state index is 4.68. The minimum atomic E-state index is 0.287. The van der Waals surface area contributed by atoms with Crippen molar-refractivity contribution in [2.45, 2.75) is 23.2 Å². The molecule has 27 heavy (non-hydrogen) atoms. The molecule has 138 valence electrons. The molecule has 0 amide bonds. The van der Waals surface area contributed by atoms with Gasteiger partial charge in [-0.05, 0) is 48.9 Å². The van der Waals surface area contributed by atoms with Crippen molar-refractivity contribution in [3.8, 4) is 0 Å². The molecule has 0 bridgehead atoms. The number of thioether (sulfide) groups is 1. The number of anilines is 2. The minimum absolute atomic E-state index is 0.287. The van der Waals surface area contributed by atoms with Gasteiger partial charge in [0, 0.05) is 48.1 Å². The van der Waals surface area contributed by atoms with Gasteiger partial charge in [-0.1, -0.05) is 18.2 Å². The first kappa shape index (κ1) is 16.9. The van der Waals surface area contributed by atoms with Crippen molar-refractivity contribution in [2.24, 2.45) is 0 Å². The average Bonchev–Trinajstić information content (AvgIpc) is 3.00. The van der Waals surface area contributed by atoms with E-state index in [1.165, 1.54) is 34.4 Å². The molecule has 0 saturated carbocycles. The summed E-state index contributed by atoms with van der Waals surface area (Å²) in [6.07, 6.45) is 6.16. The number of hydrogen-bond acceptors (Lipinski definition) is 5. The zero-order valence-electron chi connectivity index (χ0n) is 15.9. The van der Waals surface area contributed by atoms with Crippen LogP contribution in [0.2, 0.25) is 0 Å². The van der Waals surface area contributed by atoms with Crippen molar-refractivity contribution < 1.29 is 0 Å². The summed E-state index contributed by atoms with van der Waals surface area (Å²) >= 11 is 1.77. The Kier molecular flexibility index (Phi) is 4.01. The Bertz CT molecular complexity index is 995. The molecule has 2 aliphatic heterocycles. The number of fused-ring (bicyclic) bond motifs is 3. The predicted molar refractivity (Wildman–Crippen MR) is 114 cm³/mol. The second-order valence-electron chi connectivity index (χ2n) is 7.72. The minimum Gasteiger partial charge on any atom is -0.373 e. The Morgan fingerprint density at radius 1 is 1.04 bits per heavy atom. The quantitative estimate of drug-likeness (QED) is 0.621. The van der Waals surface area contributed by atoms with E-state index < -0.39 is 0 Å². The Labute approximate surface area is 164 Å². The average molecular weight is 377 g/mol. The van der Waals surface area contributed by atoms with E-state index >= 15 is 0 Å². The van der Waals surface area contributed by atoms with E-state index in [-0.39, 0.29) is 5.41 Å². The molecule has 3 aromatic rings. The van der Waals surface area contributed by atoms with Gasteiger partial charge in [0.25, 0.3) is 0 Å². The molecule has 0 N–H and O–H groups in total. The fourth-order valence-corrected chi connectivity index (χ4v) is 5.29. The first-order chi connectivity index (χ1) is 13.2. The van der Waals surface area contributed by atoms with Gasteiger partial charge in [-0.2, -0.15) is 0 Å². The number of likely N-dealkylation sites (N-methyl/N-ethyl adjacent to an activating group) is 1. The molecule has 1 aromatic heterocycles. The molecular weight excluding hydrogens is 352 g/mol. The number of aromatic nitrogens is 2. The third kappa shape index (κ3) is 2.67. The molecule has 1 saturated heterocycles. The normalized spacial score (nSPS) is 18.3. The van der Waals surface area contributed by atoms with Gasteiger partial charge in [-0.25, -0.2) is 9.97 Å². The van der Waals surface area contributed by atoms with E-state index in [4.69, 9.17) is 0 Å². The van der Waals surface area contributed by atoms with Gasteiger partial charge in [0.15, 0.2) is 0 Å². The maximum Gasteiger partial charge on any atom is 0.139 e. The van der Waals surface area contributed by atoms with Crippen molar-refractivity contribution in [2.75, 3.05) is 42.7 Å². The van der Waals surface area contributed by atoms with Crippen LogP contribution in [-0.2, 0) is 5.41 Å². The van der Waals surface area contributed by atoms with Crippen LogP contribution in [0.1, 0.15) is 18.4 Å². The topological polar surface area (TPSA) is 32.3 Å². The molecule has 5 rings (SSSR count). The lowest BCUT2D eigenvalue weighted by Crippen LogP contribution is -2.45. The van der Waals surface area contributed by atoms with Gasteiger partial charge < -0.3 is 9.80 Å². The molecule has 5 heteroatoms. The molecule has 0 aliphatic carbocycles. The Hall–Kier alpha value is -2.27. The fourth-order valence-electron chi connectivity index (χ4n) is 4.85. The molecule has 2 aromatic carbocycles. The van der Waals surface area contributed by atoms with Crippen molar-refractivity contribution in [1.29, 1.82) is 0 Å². The van der Waals surface area contributed by atoms with E-state index in [9.17, 15) is 0 Å². The highest BCUT2D eigenvalue weighted by Crippen LogP contribution is 2.46. The maximum absolute atomic E-state index is 4.68. The molecular formula is C22H24N4S. The lowest BCUT2D eigenvalue weighted by atomic mass is 9.74. The van der Waals surface area contributed by atoms with Crippen LogP contribution >= 0.6 is 11.8 Å². The number of rotatable bonds is 2. The van der Waals surface area contributed by atoms with Crippen molar-refractivity contribution in [3.05, 3.63) is 54.4 Å². The molecule has 3 heterocycles. The lowest BCUT2D eigenvalue weighted by Gasteiger charge is -2.40. The van der Waals surface area contributed by atoms with Crippen molar-refractivity contribution in [1.82, 2.24) is 9.97 Å². The Morgan fingerprint density at radius 3 is 2.67 bits per heavy atom. The van der Waals surface area contributed by atoms with Gasteiger partial charge in [-0.3, -0.25) is 0 Å². The monoisotopic (exact) mass is 376 g/mol. The van der Waals surface area contributed by atoms with Crippen LogP contribution in [-0.4, -0.2) is 42.9 Å². The highest BCUT2D eigenvalue weighted by molar-refractivity contribution is 7.98. The first-order valence-corrected chi connectivity index (χ1v) is 10.8. The summed E-state index contributed by atoms with van der Waals surface area (Å²) in [5, 5.41) is 1.17. The SMILES string of the molecule is CSc1ccc2ncnc(N3CCC4(CC3)CN(C)c3ccccc34)c2c1. The van der Waals surface area contributed by atoms with Gasteiger partial charge in [0.2, 0.25) is 0 Å². The lowest BCUT2D eigenvalue weighted by molar-refractivity contribution is 0.353. The molecule has 4 nitrogen and oxygen atoms in total. The second kappa shape index (κ2) is 6.41. The smallest absolute Gasteiger partial charge is 0.139 e. The fraction of sp³-hybridized carbons (Fsp3) is 0.364. The Balaban J connectivity index is 1.46. The summed E-state index contributed by atoms with van der Waals surface area (Å²) in [5.41, 5.74) is 4.26. The molecule has 2 aliphatic rings. The third-order valence-electron chi connectivity index (χ3n) is 6.27. The highest BCUT2D eigenvalue weighted by Gasteiger charge is 2.43. The van der Waals surface area contributed by atoms with Crippen LogP contribution in [0.15, 0.2) is 53.7 Å². The summed E-state index contributed by atoms with van der Waals surface area (Å²) in [7, 11) is 2.22. The van der Waals surface area contributed by atoms with Crippen molar-refractivity contribution in [3.63, 3.8) is 0 Å². The summed E-state index contributed by atoms with van der Waals surface area (Å²) in [6, 6.07) is 15.4. The summed E-state index contributed by atoms with van der Waals surface area (Å²) < 4.78 is 0. The van der Waals surface area contributed by atoms with Crippen LogP contribution in [0.25, 0.3) is 10.9 Å². The second-order valence-corrected chi connectivity index (χ2v) is 8.60. The van der Waals surface area contributed by atoms with Crippen LogP contribution < -0.4 is 9.80 Å². The predicted octanol–water partition coefficient (Wildman–Crippen LogP) is 4.34. The summed E-state index contributed by atoms with van der Waals surface area (Å²) in [4.78, 5) is 15.3. The number of piperidine rings is 1. The van der Waals surface area contributed by atoms with Gasteiger partial charge in [0.05, 0.1) is 5.52 Å². The standard InChI is InChI=1S/C22H24N4S/c1-25-14-22(18-5-3-4-6-20(18)25)9-11-26(12-10-22)21-17-13-16(27-2)7-8-19(17)23-15-24-21/h3-8,13,15H,9-12,14H2,1-2H3. The van der Waals surface area contributed by atoms with Gasteiger partial charge in [-0.15, -0.1) is 11.8 Å². The largest absolute Gasteiger partial charge is 0.373 e. The van der Waals surface area contributed by atoms with Crippen LogP contribution in [0.5, 0.6) is 0 Å². The zero-order valence-corrected chi connectivity index (χ0v) is 16.7. The van der Waals surface area contributed by atoms with Crippen LogP contribution in [0.3, 0.4) is 0 Å². The van der Waals surface area contributed by atoms with E-state index in [2.05, 4.69) is 75.5 Å². The van der Waals surface area contributed by atoms with E-state index in [1.54, 1.807) is 18.1 Å². The number of nitrogens with zero attached hydrogens (tertiary/aromatic N) is 4. The molecule has 0 unspecified atom stereocenters.